The zero-order valence-corrected chi connectivity index (χ0v) is 9.73. The summed E-state index contributed by atoms with van der Waals surface area (Å²) in [4.78, 5) is 29.5. The number of aromatic nitrogens is 2. The number of nitrogens with two attached hydrogens (primary N) is 1. The van der Waals surface area contributed by atoms with Gasteiger partial charge in [0.05, 0.1) is 6.20 Å². The monoisotopic (exact) mass is 244 g/mol. The first-order valence-electron chi connectivity index (χ1n) is 5.29. The molecule has 6 heteroatoms. The maximum Gasteiger partial charge on any atom is 0.276 e. The fourth-order valence-corrected chi connectivity index (χ4v) is 1.52. The van der Waals surface area contributed by atoms with Crippen LogP contribution in [0.1, 0.15) is 15.9 Å². The van der Waals surface area contributed by atoms with Crippen molar-refractivity contribution in [2.75, 3.05) is 11.1 Å². The topological polar surface area (TPSA) is 101 Å². The molecule has 18 heavy (non-hydrogen) atoms. The molecule has 0 aliphatic heterocycles. The van der Waals surface area contributed by atoms with Crippen LogP contribution in [0.15, 0.2) is 35.3 Å². The van der Waals surface area contributed by atoms with Gasteiger partial charge in [0.1, 0.15) is 5.69 Å². The van der Waals surface area contributed by atoms with Gasteiger partial charge in [0.2, 0.25) is 0 Å². The molecule has 0 saturated carbocycles. The predicted octanol–water partition coefficient (Wildman–Crippen LogP) is 0.913. The van der Waals surface area contributed by atoms with E-state index in [1.807, 2.05) is 19.1 Å². The Hall–Kier alpha value is -2.63. The Labute approximate surface area is 103 Å². The van der Waals surface area contributed by atoms with Crippen LogP contribution in [0.2, 0.25) is 0 Å². The molecule has 1 amide bonds. The third-order valence-corrected chi connectivity index (χ3v) is 2.46. The summed E-state index contributed by atoms with van der Waals surface area (Å²) in [6, 6.07) is 7.10. The van der Waals surface area contributed by atoms with Crippen LogP contribution in [0.3, 0.4) is 0 Å². The number of hydrogen-bond acceptors (Lipinski definition) is 4. The molecule has 0 aliphatic rings. The number of carbonyl (C=O) groups excluding carboxylic acids is 1. The van der Waals surface area contributed by atoms with Crippen molar-refractivity contribution in [1.82, 2.24) is 9.97 Å². The fourth-order valence-electron chi connectivity index (χ4n) is 1.52. The number of nitrogen functional groups attached to an aromatic ring is 1. The first-order chi connectivity index (χ1) is 8.58. The normalized spacial score (nSPS) is 10.1. The minimum absolute atomic E-state index is 0.00823. The Bertz CT molecular complexity index is 649. The predicted molar refractivity (Wildman–Crippen MR) is 68.4 cm³/mol. The number of amides is 1. The van der Waals surface area contributed by atoms with Gasteiger partial charge in [-0.3, -0.25) is 14.6 Å². The third-order valence-electron chi connectivity index (χ3n) is 2.46. The molecular formula is C12H12N4O2. The molecule has 0 spiro atoms. The minimum atomic E-state index is -0.482. The lowest BCUT2D eigenvalue weighted by molar-refractivity contribution is 0.102. The smallest absolute Gasteiger partial charge is 0.276 e. The second-order valence-corrected chi connectivity index (χ2v) is 3.78. The number of nitrogens with one attached hydrogen (secondary N) is 2. The molecule has 1 aromatic carbocycles. The van der Waals surface area contributed by atoms with E-state index in [2.05, 4.69) is 15.3 Å². The molecule has 0 fully saturated rings. The summed E-state index contributed by atoms with van der Waals surface area (Å²) in [5.41, 5.74) is 6.24. The summed E-state index contributed by atoms with van der Waals surface area (Å²) in [7, 11) is 0. The van der Waals surface area contributed by atoms with E-state index in [0.717, 1.165) is 5.56 Å². The molecule has 1 heterocycles. The van der Waals surface area contributed by atoms with E-state index in [0.29, 0.717) is 5.56 Å². The Morgan fingerprint density at radius 1 is 1.39 bits per heavy atom. The zero-order chi connectivity index (χ0) is 13.1. The van der Waals surface area contributed by atoms with E-state index in [-0.39, 0.29) is 17.5 Å². The van der Waals surface area contributed by atoms with Crippen molar-refractivity contribution < 1.29 is 4.79 Å². The number of benzene rings is 1. The Kier molecular flexibility index (Phi) is 3.09. The summed E-state index contributed by atoms with van der Waals surface area (Å²) in [5, 5.41) is 2.49. The van der Waals surface area contributed by atoms with Gasteiger partial charge in [-0.2, -0.15) is 0 Å². The van der Waals surface area contributed by atoms with E-state index in [9.17, 15) is 9.59 Å². The standard InChI is InChI=1S/C12H12N4O2/c1-7-4-2-3-5-8(7)10(17)15-9-6-14-12(13)16-11(9)18/h2-6H,1H3,(H,15,17)(H3,13,14,16,18). The quantitative estimate of drug-likeness (QED) is 0.730. The lowest BCUT2D eigenvalue weighted by atomic mass is 10.1. The van der Waals surface area contributed by atoms with Gasteiger partial charge in [-0.1, -0.05) is 18.2 Å². The molecule has 1 aromatic heterocycles. The lowest BCUT2D eigenvalue weighted by Gasteiger charge is -2.06. The number of rotatable bonds is 2. The highest BCUT2D eigenvalue weighted by Crippen LogP contribution is 2.09. The molecule has 0 radical (unpaired) electrons. The summed E-state index contributed by atoms with van der Waals surface area (Å²) in [6.45, 7) is 1.82. The van der Waals surface area contributed by atoms with Crippen LogP contribution < -0.4 is 16.6 Å². The molecule has 0 aliphatic carbocycles. The Balaban J connectivity index is 2.27. The summed E-state index contributed by atoms with van der Waals surface area (Å²) < 4.78 is 0. The van der Waals surface area contributed by atoms with Gasteiger partial charge in [0.15, 0.2) is 5.95 Å². The molecule has 2 rings (SSSR count). The average molecular weight is 244 g/mol. The first kappa shape index (κ1) is 11.8. The van der Waals surface area contributed by atoms with Crippen molar-refractivity contribution in [2.24, 2.45) is 0 Å². The number of H-pyrrole nitrogens is 1. The van der Waals surface area contributed by atoms with Crippen LogP contribution >= 0.6 is 0 Å². The van der Waals surface area contributed by atoms with Gasteiger partial charge in [0.25, 0.3) is 11.5 Å². The minimum Gasteiger partial charge on any atom is -0.369 e. The maximum absolute atomic E-state index is 11.9. The molecule has 0 saturated heterocycles. The number of nitrogens with zero attached hydrogens (tertiary/aromatic N) is 1. The van der Waals surface area contributed by atoms with Crippen LogP contribution in [0.5, 0.6) is 0 Å². The molecule has 0 bridgehead atoms. The largest absolute Gasteiger partial charge is 0.369 e. The lowest BCUT2D eigenvalue weighted by Crippen LogP contribution is -2.21. The van der Waals surface area contributed by atoms with Crippen molar-refractivity contribution in [2.45, 2.75) is 6.92 Å². The van der Waals surface area contributed by atoms with Crippen LogP contribution in [0, 0.1) is 6.92 Å². The molecule has 6 nitrogen and oxygen atoms in total. The van der Waals surface area contributed by atoms with Crippen LogP contribution in [-0.2, 0) is 0 Å². The zero-order valence-electron chi connectivity index (χ0n) is 9.73. The second kappa shape index (κ2) is 4.70. The SMILES string of the molecule is Cc1ccccc1C(=O)Nc1cnc(N)[nH]c1=O. The van der Waals surface area contributed by atoms with Gasteiger partial charge in [-0.05, 0) is 18.6 Å². The molecular weight excluding hydrogens is 232 g/mol. The van der Waals surface area contributed by atoms with Crippen molar-refractivity contribution in [1.29, 1.82) is 0 Å². The number of hydrogen-bond donors (Lipinski definition) is 3. The van der Waals surface area contributed by atoms with E-state index >= 15 is 0 Å². The van der Waals surface area contributed by atoms with E-state index in [1.54, 1.807) is 12.1 Å². The number of carbonyl (C=O) groups is 1. The second-order valence-electron chi connectivity index (χ2n) is 3.78. The van der Waals surface area contributed by atoms with Crippen LogP contribution in [0.4, 0.5) is 11.6 Å². The highest BCUT2D eigenvalue weighted by Gasteiger charge is 2.10. The summed E-state index contributed by atoms with van der Waals surface area (Å²) in [6.07, 6.45) is 1.23. The highest BCUT2D eigenvalue weighted by molar-refractivity contribution is 6.05. The van der Waals surface area contributed by atoms with Crippen molar-refractivity contribution in [3.8, 4) is 0 Å². The van der Waals surface area contributed by atoms with Gasteiger partial charge in [-0.25, -0.2) is 4.98 Å². The first-order valence-corrected chi connectivity index (χ1v) is 5.29. The van der Waals surface area contributed by atoms with Crippen molar-refractivity contribution in [3.05, 3.63) is 51.9 Å². The van der Waals surface area contributed by atoms with Crippen molar-refractivity contribution in [3.63, 3.8) is 0 Å². The molecule has 92 valence electrons. The number of anilines is 2. The van der Waals surface area contributed by atoms with Gasteiger partial charge in [0, 0.05) is 5.56 Å². The highest BCUT2D eigenvalue weighted by atomic mass is 16.2. The third kappa shape index (κ3) is 2.37. The van der Waals surface area contributed by atoms with Gasteiger partial charge >= 0.3 is 0 Å². The molecule has 2 aromatic rings. The van der Waals surface area contributed by atoms with Gasteiger partial charge < -0.3 is 11.1 Å². The van der Waals surface area contributed by atoms with Gasteiger partial charge in [-0.15, -0.1) is 0 Å². The van der Waals surface area contributed by atoms with E-state index in [4.69, 9.17) is 5.73 Å². The maximum atomic E-state index is 11.9. The molecule has 0 atom stereocenters. The molecule has 0 unspecified atom stereocenters. The summed E-state index contributed by atoms with van der Waals surface area (Å²) in [5.74, 6) is -0.348. The fraction of sp³-hybridized carbons (Fsp3) is 0.0833. The average Bonchev–Trinajstić information content (AvgIpc) is 2.33. The van der Waals surface area contributed by atoms with Crippen molar-refractivity contribution >= 4 is 17.5 Å². The number of aromatic amines is 1. The van der Waals surface area contributed by atoms with Crippen LogP contribution in [-0.4, -0.2) is 15.9 Å². The Morgan fingerprint density at radius 2 is 2.11 bits per heavy atom. The van der Waals surface area contributed by atoms with E-state index < -0.39 is 5.56 Å². The number of aryl methyl sites for hydroxylation is 1. The van der Waals surface area contributed by atoms with E-state index in [1.165, 1.54) is 6.20 Å². The van der Waals surface area contributed by atoms with Crippen LogP contribution in [0.25, 0.3) is 0 Å². The summed E-state index contributed by atoms with van der Waals surface area (Å²) >= 11 is 0. The Morgan fingerprint density at radius 3 is 2.78 bits per heavy atom. The molecule has 4 N–H and O–H groups in total.